The molecule has 0 unspecified atom stereocenters. The van der Waals surface area contributed by atoms with E-state index in [0.29, 0.717) is 18.7 Å². The van der Waals surface area contributed by atoms with Gasteiger partial charge in [0.1, 0.15) is 6.26 Å². The third-order valence-electron chi connectivity index (χ3n) is 2.23. The Morgan fingerprint density at radius 3 is 2.79 bits per heavy atom. The maximum atomic E-state index is 11.5. The van der Waals surface area contributed by atoms with E-state index in [9.17, 15) is 9.59 Å². The van der Waals surface area contributed by atoms with Gasteiger partial charge in [-0.15, -0.1) is 0 Å². The van der Waals surface area contributed by atoms with Crippen LogP contribution < -0.4 is 10.6 Å². The molecule has 0 radical (unpaired) electrons. The lowest BCUT2D eigenvalue weighted by Crippen LogP contribution is -2.32. The van der Waals surface area contributed by atoms with E-state index >= 15 is 0 Å². The van der Waals surface area contributed by atoms with Crippen LogP contribution in [-0.4, -0.2) is 49.8 Å². The van der Waals surface area contributed by atoms with Crippen LogP contribution >= 0.6 is 0 Å². The molecule has 0 bridgehead atoms. The van der Waals surface area contributed by atoms with Crippen molar-refractivity contribution in [2.75, 3.05) is 32.9 Å². The Labute approximate surface area is 110 Å². The van der Waals surface area contributed by atoms with Crippen molar-refractivity contribution in [3.8, 4) is 0 Å². The van der Waals surface area contributed by atoms with Crippen molar-refractivity contribution in [1.29, 1.82) is 0 Å². The molecule has 0 aliphatic carbocycles. The van der Waals surface area contributed by atoms with Crippen LogP contribution in [0.15, 0.2) is 23.0 Å². The third-order valence-corrected chi connectivity index (χ3v) is 2.23. The quantitative estimate of drug-likeness (QED) is 0.526. The standard InChI is InChI=1S/C12H18N2O5/c15-5-8-18-7-4-13-11(16)1-3-14-12(17)10-2-6-19-9-10/h2,6,9,15H,1,3-5,7-8H2,(H,13,16)(H,14,17). The molecule has 0 spiro atoms. The number of nitrogens with one attached hydrogen (secondary N) is 2. The number of carbonyl (C=O) groups is 2. The first-order valence-electron chi connectivity index (χ1n) is 5.99. The molecule has 0 aromatic carbocycles. The average molecular weight is 270 g/mol. The summed E-state index contributed by atoms with van der Waals surface area (Å²) in [5, 5.41) is 13.7. The van der Waals surface area contributed by atoms with Crippen LogP contribution in [0, 0.1) is 0 Å². The number of furan rings is 1. The number of carbonyl (C=O) groups excluding carboxylic acids is 2. The topological polar surface area (TPSA) is 101 Å². The highest BCUT2D eigenvalue weighted by Gasteiger charge is 2.07. The number of amides is 2. The van der Waals surface area contributed by atoms with Crippen LogP contribution in [0.3, 0.4) is 0 Å². The van der Waals surface area contributed by atoms with Crippen LogP contribution in [0.1, 0.15) is 16.8 Å². The molecule has 106 valence electrons. The monoisotopic (exact) mass is 270 g/mol. The Hall–Kier alpha value is -1.86. The van der Waals surface area contributed by atoms with Gasteiger partial charge < -0.3 is 24.9 Å². The Morgan fingerprint density at radius 1 is 1.26 bits per heavy atom. The molecule has 1 aromatic rings. The smallest absolute Gasteiger partial charge is 0.254 e. The largest absolute Gasteiger partial charge is 0.472 e. The number of ether oxygens (including phenoxy) is 1. The molecule has 1 rings (SSSR count). The minimum absolute atomic E-state index is 0.0337. The normalized spacial score (nSPS) is 10.2. The van der Waals surface area contributed by atoms with Gasteiger partial charge in [-0.05, 0) is 6.07 Å². The maximum Gasteiger partial charge on any atom is 0.254 e. The van der Waals surface area contributed by atoms with E-state index in [4.69, 9.17) is 14.3 Å². The second-order valence-corrected chi connectivity index (χ2v) is 3.70. The lowest BCUT2D eigenvalue weighted by molar-refractivity contribution is -0.121. The number of rotatable bonds is 9. The molecule has 7 heteroatoms. The van der Waals surface area contributed by atoms with E-state index in [2.05, 4.69) is 10.6 Å². The summed E-state index contributed by atoms with van der Waals surface area (Å²) >= 11 is 0. The predicted octanol–water partition coefficient (Wildman–Crippen LogP) is -0.475. The molecular weight excluding hydrogens is 252 g/mol. The predicted molar refractivity (Wildman–Crippen MR) is 66.6 cm³/mol. The van der Waals surface area contributed by atoms with Crippen molar-refractivity contribution in [3.63, 3.8) is 0 Å². The first-order valence-corrected chi connectivity index (χ1v) is 5.99. The van der Waals surface area contributed by atoms with E-state index in [1.54, 1.807) is 6.07 Å². The van der Waals surface area contributed by atoms with Gasteiger partial charge in [-0.1, -0.05) is 0 Å². The molecular formula is C12H18N2O5. The molecule has 0 aliphatic rings. The molecule has 0 saturated heterocycles. The van der Waals surface area contributed by atoms with Crippen molar-refractivity contribution < 1.29 is 23.8 Å². The molecule has 0 atom stereocenters. The van der Waals surface area contributed by atoms with Gasteiger partial charge in [0.15, 0.2) is 0 Å². The summed E-state index contributed by atoms with van der Waals surface area (Å²) < 4.78 is 9.76. The number of aliphatic hydroxyl groups is 1. The first kappa shape index (κ1) is 15.2. The summed E-state index contributed by atoms with van der Waals surface area (Å²) in [6, 6.07) is 1.55. The van der Waals surface area contributed by atoms with Crippen LogP contribution in [0.2, 0.25) is 0 Å². The van der Waals surface area contributed by atoms with Crippen molar-refractivity contribution >= 4 is 11.8 Å². The molecule has 3 N–H and O–H groups in total. The Morgan fingerprint density at radius 2 is 2.11 bits per heavy atom. The van der Waals surface area contributed by atoms with Crippen LogP contribution in [0.25, 0.3) is 0 Å². The Bertz CT molecular complexity index is 377. The van der Waals surface area contributed by atoms with E-state index in [0.717, 1.165) is 0 Å². The second kappa shape index (κ2) is 9.12. The molecule has 0 saturated carbocycles. The number of aliphatic hydroxyl groups excluding tert-OH is 1. The fourth-order valence-electron chi connectivity index (χ4n) is 1.30. The molecule has 2 amide bonds. The molecule has 1 heterocycles. The molecule has 1 aromatic heterocycles. The highest BCUT2D eigenvalue weighted by Crippen LogP contribution is 1.98. The van der Waals surface area contributed by atoms with Gasteiger partial charge >= 0.3 is 0 Å². The summed E-state index contributed by atoms with van der Waals surface area (Å²) in [6.45, 7) is 1.22. The van der Waals surface area contributed by atoms with Crippen LogP contribution in [0.5, 0.6) is 0 Å². The minimum atomic E-state index is -0.271. The summed E-state index contributed by atoms with van der Waals surface area (Å²) in [4.78, 5) is 22.8. The summed E-state index contributed by atoms with van der Waals surface area (Å²) in [6.07, 6.45) is 2.95. The maximum absolute atomic E-state index is 11.5. The molecule has 0 fully saturated rings. The van der Waals surface area contributed by atoms with Gasteiger partial charge in [-0.3, -0.25) is 9.59 Å². The zero-order valence-corrected chi connectivity index (χ0v) is 10.6. The van der Waals surface area contributed by atoms with Gasteiger partial charge in [0.25, 0.3) is 5.91 Å². The molecule has 19 heavy (non-hydrogen) atoms. The van der Waals surface area contributed by atoms with Gasteiger partial charge in [0.2, 0.25) is 5.91 Å². The lowest BCUT2D eigenvalue weighted by atomic mass is 10.3. The van der Waals surface area contributed by atoms with E-state index in [1.807, 2.05) is 0 Å². The molecule has 0 aliphatic heterocycles. The summed E-state index contributed by atoms with van der Waals surface area (Å²) in [7, 11) is 0. The summed E-state index contributed by atoms with van der Waals surface area (Å²) in [5.74, 6) is -0.437. The van der Waals surface area contributed by atoms with Gasteiger partial charge in [-0.2, -0.15) is 0 Å². The fraction of sp³-hybridized carbons (Fsp3) is 0.500. The number of hydrogen-bond acceptors (Lipinski definition) is 5. The van der Waals surface area contributed by atoms with Crippen LogP contribution in [0.4, 0.5) is 0 Å². The van der Waals surface area contributed by atoms with Crippen molar-refractivity contribution in [2.24, 2.45) is 0 Å². The SMILES string of the molecule is O=C(CCNC(=O)c1ccoc1)NCCOCCO. The first-order chi connectivity index (χ1) is 9.24. The third kappa shape index (κ3) is 6.58. The van der Waals surface area contributed by atoms with Gasteiger partial charge in [0, 0.05) is 19.5 Å². The zero-order valence-electron chi connectivity index (χ0n) is 10.6. The van der Waals surface area contributed by atoms with Crippen molar-refractivity contribution in [2.45, 2.75) is 6.42 Å². The van der Waals surface area contributed by atoms with Crippen LogP contribution in [-0.2, 0) is 9.53 Å². The van der Waals surface area contributed by atoms with Crippen molar-refractivity contribution in [1.82, 2.24) is 10.6 Å². The summed E-state index contributed by atoms with van der Waals surface area (Å²) in [5.41, 5.74) is 0.429. The van der Waals surface area contributed by atoms with E-state index in [1.165, 1.54) is 12.5 Å². The van der Waals surface area contributed by atoms with E-state index in [-0.39, 0.29) is 38.0 Å². The Kier molecular flexibility index (Phi) is 7.30. The van der Waals surface area contributed by atoms with Gasteiger partial charge in [-0.25, -0.2) is 0 Å². The highest BCUT2D eigenvalue weighted by molar-refractivity contribution is 5.93. The highest BCUT2D eigenvalue weighted by atomic mass is 16.5. The lowest BCUT2D eigenvalue weighted by Gasteiger charge is -2.06. The number of hydrogen-bond donors (Lipinski definition) is 3. The van der Waals surface area contributed by atoms with Gasteiger partial charge in [0.05, 0.1) is 31.6 Å². The second-order valence-electron chi connectivity index (χ2n) is 3.70. The zero-order chi connectivity index (χ0) is 13.9. The van der Waals surface area contributed by atoms with Crippen molar-refractivity contribution in [3.05, 3.63) is 24.2 Å². The Balaban J connectivity index is 2.02. The average Bonchev–Trinajstić information content (AvgIpc) is 2.92. The van der Waals surface area contributed by atoms with E-state index < -0.39 is 0 Å². The fourth-order valence-corrected chi connectivity index (χ4v) is 1.30. The molecule has 7 nitrogen and oxygen atoms in total. The minimum Gasteiger partial charge on any atom is -0.472 e.